The molecule has 0 bridgehead atoms. The Kier molecular flexibility index (Phi) is 7.29. The average Bonchev–Trinajstić information content (AvgIpc) is 3.59. The zero-order valence-corrected chi connectivity index (χ0v) is 21.7. The Morgan fingerprint density at radius 2 is 2.00 bits per heavy atom. The molecule has 3 aromatic heterocycles. The van der Waals surface area contributed by atoms with Gasteiger partial charge in [0, 0.05) is 29.4 Å². The third-order valence-electron chi connectivity index (χ3n) is 6.52. The minimum atomic E-state index is -0.425. The number of hydrogen-bond donors (Lipinski definition) is 2. The Hall–Kier alpha value is -2.91. The number of fused-ring (bicyclic) bond motifs is 1. The van der Waals surface area contributed by atoms with Gasteiger partial charge in [-0.05, 0) is 56.1 Å². The van der Waals surface area contributed by atoms with E-state index in [1.165, 1.54) is 29.7 Å². The summed E-state index contributed by atoms with van der Waals surface area (Å²) >= 11 is 8.13. The van der Waals surface area contributed by atoms with Gasteiger partial charge in [-0.2, -0.15) is 0 Å². The molecule has 1 fully saturated rings. The number of aliphatic hydroxyl groups is 1. The molecule has 0 aliphatic carbocycles. The number of pyridine rings is 1. The van der Waals surface area contributed by atoms with Gasteiger partial charge in [-0.15, -0.1) is 11.3 Å². The van der Waals surface area contributed by atoms with E-state index in [9.17, 15) is 9.90 Å². The molecule has 0 spiro atoms. The molecule has 188 valence electrons. The zero-order chi connectivity index (χ0) is 25.2. The number of halogens is 1. The predicted octanol–water partition coefficient (Wildman–Crippen LogP) is 4.97. The molecule has 9 heteroatoms. The highest BCUT2D eigenvalue weighted by atomic mass is 35.5. The van der Waals surface area contributed by atoms with Crippen molar-refractivity contribution in [1.29, 1.82) is 0 Å². The van der Waals surface area contributed by atoms with E-state index in [1.807, 2.05) is 47.9 Å². The van der Waals surface area contributed by atoms with Crippen LogP contribution in [0.3, 0.4) is 0 Å². The maximum absolute atomic E-state index is 11.8. The third-order valence-corrected chi connectivity index (χ3v) is 7.98. The van der Waals surface area contributed by atoms with Crippen molar-refractivity contribution in [3.05, 3.63) is 75.4 Å². The Labute approximate surface area is 219 Å². The summed E-state index contributed by atoms with van der Waals surface area (Å²) in [5.74, 6) is 0.178. The molecule has 3 N–H and O–H groups in total. The monoisotopic (exact) mass is 524 g/mol. The first kappa shape index (κ1) is 24.8. The number of amides is 1. The van der Waals surface area contributed by atoms with Crippen LogP contribution in [0.5, 0.6) is 5.75 Å². The van der Waals surface area contributed by atoms with Crippen molar-refractivity contribution in [3.63, 3.8) is 0 Å². The number of carbonyl (C=O) groups excluding carboxylic acids is 1. The average molecular weight is 525 g/mol. The van der Waals surface area contributed by atoms with E-state index in [-0.39, 0.29) is 19.1 Å². The highest BCUT2D eigenvalue weighted by Crippen LogP contribution is 2.39. The smallest absolute Gasteiger partial charge is 0.222 e. The minimum Gasteiger partial charge on any atom is -0.485 e. The van der Waals surface area contributed by atoms with Gasteiger partial charge >= 0.3 is 0 Å². The van der Waals surface area contributed by atoms with Crippen LogP contribution in [-0.4, -0.2) is 38.4 Å². The van der Waals surface area contributed by atoms with Gasteiger partial charge in [-0.25, -0.2) is 4.98 Å². The van der Waals surface area contributed by atoms with Gasteiger partial charge in [0.15, 0.2) is 0 Å². The fourth-order valence-electron chi connectivity index (χ4n) is 4.67. The number of rotatable bonds is 9. The molecule has 1 aliphatic rings. The van der Waals surface area contributed by atoms with Crippen molar-refractivity contribution in [2.24, 2.45) is 5.73 Å². The summed E-state index contributed by atoms with van der Waals surface area (Å²) in [5.41, 5.74) is 10.0. The van der Waals surface area contributed by atoms with Crippen molar-refractivity contribution in [3.8, 4) is 16.3 Å². The quantitative estimate of drug-likeness (QED) is 0.322. The Balaban J connectivity index is 1.41. The Morgan fingerprint density at radius 1 is 1.22 bits per heavy atom. The van der Waals surface area contributed by atoms with Crippen LogP contribution >= 0.6 is 22.9 Å². The molecule has 1 aliphatic heterocycles. The lowest BCUT2D eigenvalue weighted by molar-refractivity contribution is -0.117. The van der Waals surface area contributed by atoms with Crippen molar-refractivity contribution in [2.45, 2.75) is 45.4 Å². The zero-order valence-electron chi connectivity index (χ0n) is 20.1. The normalized spacial score (nSPS) is 15.0. The van der Waals surface area contributed by atoms with Crippen LogP contribution in [0.1, 0.15) is 47.4 Å². The molecule has 1 saturated heterocycles. The second-order valence-electron chi connectivity index (χ2n) is 9.21. The summed E-state index contributed by atoms with van der Waals surface area (Å²) in [5, 5.41) is 10.2. The summed E-state index contributed by atoms with van der Waals surface area (Å²) in [7, 11) is 0. The van der Waals surface area contributed by atoms with Gasteiger partial charge < -0.3 is 15.6 Å². The highest BCUT2D eigenvalue weighted by Gasteiger charge is 2.21. The first-order chi connectivity index (χ1) is 17.4. The summed E-state index contributed by atoms with van der Waals surface area (Å²) in [6.07, 6.45) is 5.90. The van der Waals surface area contributed by atoms with E-state index in [0.717, 1.165) is 51.9 Å². The van der Waals surface area contributed by atoms with Crippen molar-refractivity contribution < 1.29 is 14.6 Å². The summed E-state index contributed by atoms with van der Waals surface area (Å²) in [6, 6.07) is 11.8. The van der Waals surface area contributed by atoms with E-state index < -0.39 is 5.91 Å². The van der Waals surface area contributed by atoms with E-state index in [0.29, 0.717) is 10.8 Å². The molecule has 7 nitrogen and oxygen atoms in total. The Bertz CT molecular complexity index is 1390. The van der Waals surface area contributed by atoms with Crippen LogP contribution < -0.4 is 10.5 Å². The number of benzene rings is 1. The molecular formula is C27H29ClN4O3S. The maximum Gasteiger partial charge on any atom is 0.222 e. The van der Waals surface area contributed by atoms with Crippen molar-refractivity contribution >= 4 is 34.5 Å². The minimum absolute atomic E-state index is 0.0611. The van der Waals surface area contributed by atoms with E-state index in [4.69, 9.17) is 22.1 Å². The van der Waals surface area contributed by atoms with Crippen LogP contribution in [0.15, 0.2) is 48.8 Å². The first-order valence-electron chi connectivity index (χ1n) is 12.1. The number of primary amides is 1. The molecule has 5 rings (SSSR count). The second kappa shape index (κ2) is 10.6. The van der Waals surface area contributed by atoms with Gasteiger partial charge in [0.25, 0.3) is 0 Å². The number of ether oxygens (including phenoxy) is 1. The molecule has 1 atom stereocenters. The molecule has 0 unspecified atom stereocenters. The highest BCUT2D eigenvalue weighted by molar-refractivity contribution is 7.15. The largest absolute Gasteiger partial charge is 0.485 e. The molecule has 0 radical (unpaired) electrons. The summed E-state index contributed by atoms with van der Waals surface area (Å²) < 4.78 is 8.29. The van der Waals surface area contributed by atoms with Gasteiger partial charge in [-0.1, -0.05) is 29.8 Å². The third kappa shape index (κ3) is 5.27. The SMILES string of the molecule is C[C@@H](Oc1cc(-c2cnc3ccc(CO)cn23)sc1CC(N)=O)c1ccc(CN2CCCC2)cc1Cl. The number of likely N-dealkylation sites (tertiary alicyclic amines) is 1. The number of nitrogens with zero attached hydrogens (tertiary/aromatic N) is 3. The molecule has 1 aromatic carbocycles. The first-order valence-corrected chi connectivity index (χ1v) is 13.3. The fraction of sp³-hybridized carbons (Fsp3) is 0.333. The van der Waals surface area contributed by atoms with E-state index >= 15 is 0 Å². The van der Waals surface area contributed by atoms with Gasteiger partial charge in [-0.3, -0.25) is 14.1 Å². The summed E-state index contributed by atoms with van der Waals surface area (Å²) in [4.78, 5) is 20.4. The van der Waals surface area contributed by atoms with Crippen LogP contribution in [-0.2, 0) is 24.4 Å². The number of thiophene rings is 1. The number of carbonyl (C=O) groups is 1. The lowest BCUT2D eigenvalue weighted by Gasteiger charge is -2.19. The second-order valence-corrected chi connectivity index (χ2v) is 10.8. The lowest BCUT2D eigenvalue weighted by atomic mass is 10.1. The van der Waals surface area contributed by atoms with Crippen LogP contribution in [0.2, 0.25) is 5.02 Å². The van der Waals surface area contributed by atoms with Gasteiger partial charge in [0.1, 0.15) is 17.5 Å². The molecule has 4 heterocycles. The molecule has 4 aromatic rings. The van der Waals surface area contributed by atoms with Crippen molar-refractivity contribution in [1.82, 2.24) is 14.3 Å². The molecule has 0 saturated carbocycles. The van der Waals surface area contributed by atoms with E-state index in [2.05, 4.69) is 16.0 Å². The molecular weight excluding hydrogens is 496 g/mol. The van der Waals surface area contributed by atoms with Gasteiger partial charge in [0.05, 0.1) is 34.7 Å². The van der Waals surface area contributed by atoms with Crippen LogP contribution in [0.25, 0.3) is 16.2 Å². The molecule has 36 heavy (non-hydrogen) atoms. The van der Waals surface area contributed by atoms with E-state index in [1.54, 1.807) is 6.20 Å². The number of imidazole rings is 1. The van der Waals surface area contributed by atoms with Crippen LogP contribution in [0, 0.1) is 0 Å². The van der Waals surface area contributed by atoms with Crippen LogP contribution in [0.4, 0.5) is 0 Å². The van der Waals surface area contributed by atoms with Gasteiger partial charge in [0.2, 0.25) is 5.91 Å². The number of nitrogens with two attached hydrogens (primary N) is 1. The molecule has 1 amide bonds. The number of hydrogen-bond acceptors (Lipinski definition) is 6. The Morgan fingerprint density at radius 3 is 2.72 bits per heavy atom. The number of aromatic nitrogens is 2. The predicted molar refractivity (Wildman–Crippen MR) is 142 cm³/mol. The standard InChI is InChI=1S/C27H29ClN4O3S/c1-17(20-6-4-18(10-21(20)28)14-31-8-2-3-9-31)35-23-11-24(36-25(23)12-26(29)34)22-13-30-27-7-5-19(16-33)15-32(22)27/h4-7,10-11,13,15,17,33H,2-3,8-9,12,14,16H2,1H3,(H2,29,34)/t17-/m1/s1. The summed E-state index contributed by atoms with van der Waals surface area (Å²) in [6.45, 7) is 5.07. The van der Waals surface area contributed by atoms with Crippen molar-refractivity contribution in [2.75, 3.05) is 13.1 Å². The maximum atomic E-state index is 11.8. The number of aliphatic hydroxyl groups excluding tert-OH is 1. The fourth-order valence-corrected chi connectivity index (χ4v) is 6.14. The topological polar surface area (TPSA) is 93.1 Å². The lowest BCUT2D eigenvalue weighted by Crippen LogP contribution is -2.18.